The molecule has 2 aromatic carbocycles. The van der Waals surface area contributed by atoms with E-state index in [0.29, 0.717) is 5.52 Å². The average Bonchev–Trinajstić information content (AvgIpc) is 2.97. The van der Waals surface area contributed by atoms with Crippen LogP contribution >= 0.6 is 11.8 Å². The highest BCUT2D eigenvalue weighted by Crippen LogP contribution is 2.25. The number of thioether (sulfide) groups is 1. The smallest absolute Gasteiger partial charge is 0.278 e. The molecule has 0 saturated carbocycles. The molecule has 4 nitrogen and oxygen atoms in total. The molecule has 5 heteroatoms. The lowest BCUT2D eigenvalue weighted by Gasteiger charge is -2.07. The van der Waals surface area contributed by atoms with Gasteiger partial charge in [-0.3, -0.25) is 9.36 Å². The summed E-state index contributed by atoms with van der Waals surface area (Å²) in [5.74, 6) is 0.787. The van der Waals surface area contributed by atoms with E-state index in [9.17, 15) is 4.79 Å². The van der Waals surface area contributed by atoms with Crippen LogP contribution in [0.2, 0.25) is 0 Å². The van der Waals surface area contributed by atoms with Gasteiger partial charge in [-0.05, 0) is 11.6 Å². The van der Waals surface area contributed by atoms with E-state index in [-0.39, 0.29) is 5.56 Å². The van der Waals surface area contributed by atoms with Crippen LogP contribution in [-0.4, -0.2) is 14.5 Å². The van der Waals surface area contributed by atoms with Crippen molar-refractivity contribution in [3.63, 3.8) is 0 Å². The van der Waals surface area contributed by atoms with Gasteiger partial charge in [-0.2, -0.15) is 0 Å². The number of nitrogens with zero attached hydrogens (tertiary/aromatic N) is 2. The lowest BCUT2D eigenvalue weighted by molar-refractivity contribution is 0.725. The summed E-state index contributed by atoms with van der Waals surface area (Å²) in [5, 5.41) is 1.72. The van der Waals surface area contributed by atoms with E-state index in [0.717, 1.165) is 27.3 Å². The SMILES string of the molecule is Cn1c(SCc2ccccc2)nc2c([nH]c3ccccc32)c1=O. The van der Waals surface area contributed by atoms with Gasteiger partial charge in [0.15, 0.2) is 5.16 Å². The van der Waals surface area contributed by atoms with Crippen LogP contribution in [0.25, 0.3) is 21.9 Å². The van der Waals surface area contributed by atoms with Crippen molar-refractivity contribution in [1.29, 1.82) is 0 Å². The lowest BCUT2D eigenvalue weighted by Crippen LogP contribution is -2.19. The van der Waals surface area contributed by atoms with E-state index in [1.165, 1.54) is 5.56 Å². The van der Waals surface area contributed by atoms with Crippen LogP contribution in [-0.2, 0) is 12.8 Å². The van der Waals surface area contributed by atoms with Crippen LogP contribution in [0.4, 0.5) is 0 Å². The first-order chi connectivity index (χ1) is 11.2. The molecule has 0 bridgehead atoms. The van der Waals surface area contributed by atoms with Crippen molar-refractivity contribution in [3.05, 3.63) is 70.5 Å². The summed E-state index contributed by atoms with van der Waals surface area (Å²) < 4.78 is 1.62. The minimum absolute atomic E-state index is 0.0400. The molecule has 0 unspecified atom stereocenters. The topological polar surface area (TPSA) is 50.7 Å². The number of aromatic nitrogens is 3. The van der Waals surface area contributed by atoms with Gasteiger partial charge in [-0.25, -0.2) is 4.98 Å². The van der Waals surface area contributed by atoms with Crippen molar-refractivity contribution in [1.82, 2.24) is 14.5 Å². The van der Waals surface area contributed by atoms with E-state index in [1.807, 2.05) is 42.5 Å². The van der Waals surface area contributed by atoms with Crippen LogP contribution in [0.5, 0.6) is 0 Å². The first-order valence-corrected chi connectivity index (χ1v) is 8.37. The van der Waals surface area contributed by atoms with E-state index in [4.69, 9.17) is 4.98 Å². The molecule has 0 spiro atoms. The third-order valence-corrected chi connectivity index (χ3v) is 5.00. The molecule has 2 heterocycles. The number of benzene rings is 2. The minimum atomic E-state index is -0.0400. The van der Waals surface area contributed by atoms with Crippen molar-refractivity contribution < 1.29 is 0 Å². The summed E-state index contributed by atoms with van der Waals surface area (Å²) in [6.45, 7) is 0. The largest absolute Gasteiger partial charge is 0.349 e. The predicted octanol–water partition coefficient (Wildman–Crippen LogP) is 3.71. The molecule has 114 valence electrons. The first kappa shape index (κ1) is 14.1. The molecule has 0 aliphatic carbocycles. The normalized spacial score (nSPS) is 11.3. The Morgan fingerprint density at radius 2 is 1.83 bits per heavy atom. The number of para-hydroxylation sites is 1. The number of aromatic amines is 1. The molecule has 0 aliphatic rings. The van der Waals surface area contributed by atoms with Gasteiger partial charge >= 0.3 is 0 Å². The maximum absolute atomic E-state index is 12.6. The third kappa shape index (κ3) is 2.43. The Bertz CT molecular complexity index is 1050. The molecule has 0 fully saturated rings. The van der Waals surface area contributed by atoms with Gasteiger partial charge < -0.3 is 4.98 Å². The predicted molar refractivity (Wildman–Crippen MR) is 94.8 cm³/mol. The Balaban J connectivity index is 1.82. The number of H-pyrrole nitrogens is 1. The number of nitrogens with one attached hydrogen (secondary N) is 1. The average molecular weight is 321 g/mol. The van der Waals surface area contributed by atoms with Gasteiger partial charge in [0.25, 0.3) is 5.56 Å². The zero-order valence-corrected chi connectivity index (χ0v) is 13.4. The summed E-state index contributed by atoms with van der Waals surface area (Å²) in [6, 6.07) is 18.1. The summed E-state index contributed by atoms with van der Waals surface area (Å²) in [6.07, 6.45) is 0. The highest BCUT2D eigenvalue weighted by molar-refractivity contribution is 7.98. The van der Waals surface area contributed by atoms with E-state index < -0.39 is 0 Å². The molecular formula is C18H15N3OS. The summed E-state index contributed by atoms with van der Waals surface area (Å²) in [7, 11) is 1.77. The van der Waals surface area contributed by atoms with Crippen molar-refractivity contribution in [2.75, 3.05) is 0 Å². The fourth-order valence-electron chi connectivity index (χ4n) is 2.67. The fraction of sp³-hybridized carbons (Fsp3) is 0.111. The van der Waals surface area contributed by atoms with Crippen molar-refractivity contribution in [2.45, 2.75) is 10.9 Å². The van der Waals surface area contributed by atoms with Gasteiger partial charge in [0.1, 0.15) is 11.0 Å². The van der Waals surface area contributed by atoms with Crippen molar-refractivity contribution in [3.8, 4) is 0 Å². The summed E-state index contributed by atoms with van der Waals surface area (Å²) in [4.78, 5) is 20.5. The minimum Gasteiger partial charge on any atom is -0.349 e. The molecule has 0 radical (unpaired) electrons. The van der Waals surface area contributed by atoms with Crippen LogP contribution in [0, 0.1) is 0 Å². The van der Waals surface area contributed by atoms with Crippen LogP contribution in [0.1, 0.15) is 5.56 Å². The molecule has 0 aliphatic heterocycles. The van der Waals surface area contributed by atoms with Crippen LogP contribution in [0.15, 0.2) is 64.5 Å². The monoisotopic (exact) mass is 321 g/mol. The number of fused-ring (bicyclic) bond motifs is 3. The Hall–Kier alpha value is -2.53. The van der Waals surface area contributed by atoms with Crippen LogP contribution in [0.3, 0.4) is 0 Å². The fourth-order valence-corrected chi connectivity index (χ4v) is 3.60. The Labute approximate surface area is 137 Å². The number of hydrogen-bond donors (Lipinski definition) is 1. The lowest BCUT2D eigenvalue weighted by atomic mass is 10.2. The van der Waals surface area contributed by atoms with Gasteiger partial charge in [0.2, 0.25) is 0 Å². The molecule has 23 heavy (non-hydrogen) atoms. The third-order valence-electron chi connectivity index (χ3n) is 3.90. The standard InChI is InChI=1S/C18H15N3OS/c1-21-17(22)16-15(13-9-5-6-10-14(13)19-16)20-18(21)23-11-12-7-3-2-4-8-12/h2-10,19H,11H2,1H3. The molecule has 0 saturated heterocycles. The highest BCUT2D eigenvalue weighted by Gasteiger charge is 2.13. The second-order valence-electron chi connectivity index (χ2n) is 5.43. The van der Waals surface area contributed by atoms with Gasteiger partial charge in [-0.1, -0.05) is 60.3 Å². The van der Waals surface area contributed by atoms with Crippen molar-refractivity contribution in [2.24, 2.45) is 7.05 Å². The van der Waals surface area contributed by atoms with Gasteiger partial charge in [0, 0.05) is 23.7 Å². The van der Waals surface area contributed by atoms with Gasteiger partial charge in [0.05, 0.1) is 0 Å². The molecule has 2 aromatic heterocycles. The Morgan fingerprint density at radius 1 is 1.09 bits per heavy atom. The van der Waals surface area contributed by atoms with E-state index in [1.54, 1.807) is 23.4 Å². The van der Waals surface area contributed by atoms with Crippen LogP contribution < -0.4 is 5.56 Å². The zero-order valence-electron chi connectivity index (χ0n) is 12.6. The molecule has 4 aromatic rings. The van der Waals surface area contributed by atoms with E-state index >= 15 is 0 Å². The highest BCUT2D eigenvalue weighted by atomic mass is 32.2. The summed E-state index contributed by atoms with van der Waals surface area (Å²) in [5.41, 5.74) is 3.43. The maximum Gasteiger partial charge on any atom is 0.278 e. The zero-order chi connectivity index (χ0) is 15.8. The Morgan fingerprint density at radius 3 is 2.65 bits per heavy atom. The second-order valence-corrected chi connectivity index (χ2v) is 6.37. The first-order valence-electron chi connectivity index (χ1n) is 7.38. The number of hydrogen-bond acceptors (Lipinski definition) is 3. The molecular weight excluding hydrogens is 306 g/mol. The van der Waals surface area contributed by atoms with Crippen molar-refractivity contribution >= 4 is 33.7 Å². The van der Waals surface area contributed by atoms with E-state index in [2.05, 4.69) is 17.1 Å². The maximum atomic E-state index is 12.6. The second kappa shape index (κ2) is 5.59. The summed E-state index contributed by atoms with van der Waals surface area (Å²) >= 11 is 1.58. The van der Waals surface area contributed by atoms with Gasteiger partial charge in [-0.15, -0.1) is 0 Å². The molecule has 4 rings (SSSR count). The quantitative estimate of drug-likeness (QED) is 0.462. The molecule has 0 amide bonds. The Kier molecular flexibility index (Phi) is 3.42. The molecule has 0 atom stereocenters. The molecule has 1 N–H and O–H groups in total. The number of rotatable bonds is 3.